The third-order valence-electron chi connectivity index (χ3n) is 4.12. The molecule has 0 saturated carbocycles. The van der Waals surface area contributed by atoms with Crippen molar-refractivity contribution in [3.63, 3.8) is 0 Å². The molecule has 1 aromatic rings. The molecule has 1 fully saturated rings. The van der Waals surface area contributed by atoms with E-state index in [-0.39, 0.29) is 12.0 Å². The van der Waals surface area contributed by atoms with E-state index in [0.717, 1.165) is 51.2 Å². The molecule has 1 aliphatic rings. The van der Waals surface area contributed by atoms with Crippen LogP contribution in [0, 0.1) is 5.41 Å². The van der Waals surface area contributed by atoms with Crippen LogP contribution in [-0.2, 0) is 11.2 Å². The van der Waals surface area contributed by atoms with Crippen LogP contribution in [-0.4, -0.2) is 37.5 Å². The summed E-state index contributed by atoms with van der Waals surface area (Å²) in [4.78, 5) is 0. The van der Waals surface area contributed by atoms with E-state index in [9.17, 15) is 5.11 Å². The molecule has 19 heavy (non-hydrogen) atoms. The van der Waals surface area contributed by atoms with Crippen LogP contribution in [0.2, 0.25) is 0 Å². The molecule has 1 unspecified atom stereocenters. The molecule has 0 amide bonds. The maximum Gasteiger partial charge on any atom is 0.103 e. The average molecular weight is 267 g/mol. The zero-order chi connectivity index (χ0) is 13.6. The van der Waals surface area contributed by atoms with Gasteiger partial charge < -0.3 is 19.6 Å². The molecule has 1 atom stereocenters. The molecule has 1 saturated heterocycles. The number of hydrogen-bond acceptors (Lipinski definition) is 4. The number of furan rings is 1. The Bertz CT molecular complexity index is 344. The van der Waals surface area contributed by atoms with Crippen molar-refractivity contribution in [3.8, 4) is 0 Å². The van der Waals surface area contributed by atoms with Crippen LogP contribution in [0.15, 0.2) is 22.8 Å². The van der Waals surface area contributed by atoms with Gasteiger partial charge in [0.05, 0.1) is 12.9 Å². The number of nitrogens with one attached hydrogen (secondary N) is 1. The van der Waals surface area contributed by atoms with Gasteiger partial charge in [-0.3, -0.25) is 0 Å². The summed E-state index contributed by atoms with van der Waals surface area (Å²) in [6.07, 6.45) is 5.61. The van der Waals surface area contributed by atoms with Crippen LogP contribution >= 0.6 is 0 Å². The standard InChI is InChI=1S/C15H25NO3/c1-13(4-5-14-3-2-8-19-14)16-11-15(12-17)6-9-18-10-7-15/h2-3,8,13,16-17H,4-7,9-12H2,1H3. The van der Waals surface area contributed by atoms with Gasteiger partial charge >= 0.3 is 0 Å². The predicted octanol–water partition coefficient (Wildman–Crippen LogP) is 1.98. The summed E-state index contributed by atoms with van der Waals surface area (Å²) in [7, 11) is 0. The maximum absolute atomic E-state index is 9.62. The van der Waals surface area contributed by atoms with E-state index < -0.39 is 0 Å². The molecule has 1 aromatic heterocycles. The van der Waals surface area contributed by atoms with Gasteiger partial charge in [0, 0.05) is 37.6 Å². The summed E-state index contributed by atoms with van der Waals surface area (Å²) in [5, 5.41) is 13.2. The normalized spacial score (nSPS) is 20.3. The minimum Gasteiger partial charge on any atom is -0.469 e. The van der Waals surface area contributed by atoms with Gasteiger partial charge in [-0.25, -0.2) is 0 Å². The highest BCUT2D eigenvalue weighted by Gasteiger charge is 2.31. The van der Waals surface area contributed by atoms with Crippen molar-refractivity contribution in [2.75, 3.05) is 26.4 Å². The first-order chi connectivity index (χ1) is 9.24. The summed E-state index contributed by atoms with van der Waals surface area (Å²) in [5.41, 5.74) is 0.0111. The van der Waals surface area contributed by atoms with Crippen molar-refractivity contribution in [3.05, 3.63) is 24.2 Å². The van der Waals surface area contributed by atoms with E-state index in [2.05, 4.69) is 12.2 Å². The van der Waals surface area contributed by atoms with Gasteiger partial charge in [0.25, 0.3) is 0 Å². The molecule has 0 spiro atoms. The summed E-state index contributed by atoms with van der Waals surface area (Å²) in [5.74, 6) is 1.04. The molecule has 2 rings (SSSR count). The van der Waals surface area contributed by atoms with Crippen LogP contribution in [0.25, 0.3) is 0 Å². The van der Waals surface area contributed by atoms with Gasteiger partial charge in [0.1, 0.15) is 5.76 Å². The quantitative estimate of drug-likeness (QED) is 0.793. The summed E-state index contributed by atoms with van der Waals surface area (Å²) in [6, 6.07) is 4.37. The van der Waals surface area contributed by atoms with Gasteiger partial charge in [0.2, 0.25) is 0 Å². The lowest BCUT2D eigenvalue weighted by Crippen LogP contribution is -2.44. The lowest BCUT2D eigenvalue weighted by atomic mass is 9.81. The fourth-order valence-corrected chi connectivity index (χ4v) is 2.50. The van der Waals surface area contributed by atoms with E-state index in [1.54, 1.807) is 6.26 Å². The number of ether oxygens (including phenoxy) is 1. The van der Waals surface area contributed by atoms with Gasteiger partial charge in [0.15, 0.2) is 0 Å². The summed E-state index contributed by atoms with van der Waals surface area (Å²) >= 11 is 0. The monoisotopic (exact) mass is 267 g/mol. The Morgan fingerprint density at radius 1 is 1.42 bits per heavy atom. The molecule has 4 nitrogen and oxygen atoms in total. The van der Waals surface area contributed by atoms with E-state index >= 15 is 0 Å². The number of aliphatic hydroxyl groups excluding tert-OH is 1. The van der Waals surface area contributed by atoms with Crippen molar-refractivity contribution in [1.29, 1.82) is 0 Å². The van der Waals surface area contributed by atoms with E-state index in [4.69, 9.17) is 9.15 Å². The maximum atomic E-state index is 9.62. The second-order valence-electron chi connectivity index (χ2n) is 5.67. The molecule has 0 aromatic carbocycles. The van der Waals surface area contributed by atoms with Gasteiger partial charge in [-0.05, 0) is 38.3 Å². The van der Waals surface area contributed by atoms with E-state index in [1.807, 2.05) is 12.1 Å². The van der Waals surface area contributed by atoms with Crippen LogP contribution in [0.3, 0.4) is 0 Å². The molecule has 2 N–H and O–H groups in total. The fraction of sp³-hybridized carbons (Fsp3) is 0.733. The van der Waals surface area contributed by atoms with Crippen LogP contribution in [0.5, 0.6) is 0 Å². The SMILES string of the molecule is CC(CCc1ccco1)NCC1(CO)CCOCC1. The lowest BCUT2D eigenvalue weighted by Gasteiger charge is -2.36. The third kappa shape index (κ3) is 4.34. The molecule has 0 bridgehead atoms. The lowest BCUT2D eigenvalue weighted by molar-refractivity contribution is -0.0164. The molecule has 0 aliphatic carbocycles. The average Bonchev–Trinajstić information content (AvgIpc) is 2.97. The Labute approximate surface area is 115 Å². The van der Waals surface area contributed by atoms with Crippen molar-refractivity contribution in [2.45, 2.75) is 38.6 Å². The molecule has 0 radical (unpaired) electrons. The van der Waals surface area contributed by atoms with Gasteiger partial charge in [-0.15, -0.1) is 0 Å². The second-order valence-corrected chi connectivity index (χ2v) is 5.67. The first-order valence-corrected chi connectivity index (χ1v) is 7.18. The highest BCUT2D eigenvalue weighted by Crippen LogP contribution is 2.29. The van der Waals surface area contributed by atoms with Crippen LogP contribution < -0.4 is 5.32 Å². The number of hydrogen-bond donors (Lipinski definition) is 2. The van der Waals surface area contributed by atoms with Crippen molar-refractivity contribution in [1.82, 2.24) is 5.32 Å². The Kier molecular flexibility index (Phi) is 5.43. The molecular formula is C15H25NO3. The smallest absolute Gasteiger partial charge is 0.103 e. The Morgan fingerprint density at radius 3 is 2.84 bits per heavy atom. The number of rotatable bonds is 7. The molecule has 108 valence electrons. The van der Waals surface area contributed by atoms with E-state index in [1.165, 1.54) is 0 Å². The van der Waals surface area contributed by atoms with Gasteiger partial charge in [-0.1, -0.05) is 0 Å². The largest absolute Gasteiger partial charge is 0.469 e. The predicted molar refractivity (Wildman–Crippen MR) is 74.1 cm³/mol. The van der Waals surface area contributed by atoms with E-state index in [0.29, 0.717) is 6.04 Å². The summed E-state index contributed by atoms with van der Waals surface area (Å²) < 4.78 is 10.7. The first kappa shape index (κ1) is 14.6. The van der Waals surface area contributed by atoms with Gasteiger partial charge in [-0.2, -0.15) is 0 Å². The highest BCUT2D eigenvalue weighted by atomic mass is 16.5. The first-order valence-electron chi connectivity index (χ1n) is 7.18. The van der Waals surface area contributed by atoms with Crippen molar-refractivity contribution >= 4 is 0 Å². The second kappa shape index (κ2) is 7.08. The highest BCUT2D eigenvalue weighted by molar-refractivity contribution is 4.98. The van der Waals surface area contributed by atoms with Crippen molar-refractivity contribution < 1.29 is 14.3 Å². The molecule has 2 heterocycles. The molecule has 4 heteroatoms. The topological polar surface area (TPSA) is 54.6 Å². The van der Waals surface area contributed by atoms with Crippen LogP contribution in [0.4, 0.5) is 0 Å². The third-order valence-corrected chi connectivity index (χ3v) is 4.12. The van der Waals surface area contributed by atoms with Crippen molar-refractivity contribution in [2.24, 2.45) is 5.41 Å². The number of aliphatic hydroxyl groups is 1. The Morgan fingerprint density at radius 2 is 2.21 bits per heavy atom. The summed E-state index contributed by atoms with van der Waals surface area (Å²) in [6.45, 7) is 4.83. The minimum atomic E-state index is 0.0111. The minimum absolute atomic E-state index is 0.0111. The number of aryl methyl sites for hydroxylation is 1. The fourth-order valence-electron chi connectivity index (χ4n) is 2.50. The molecule has 1 aliphatic heterocycles. The zero-order valence-corrected chi connectivity index (χ0v) is 11.7. The zero-order valence-electron chi connectivity index (χ0n) is 11.7. The Balaban J connectivity index is 1.71. The molecular weight excluding hydrogens is 242 g/mol. The Hall–Kier alpha value is -0.840. The van der Waals surface area contributed by atoms with Crippen LogP contribution in [0.1, 0.15) is 31.9 Å².